The zero-order valence-electron chi connectivity index (χ0n) is 30.0. The highest BCUT2D eigenvalue weighted by molar-refractivity contribution is 6.36. The zero-order chi connectivity index (χ0) is 37.6. The van der Waals surface area contributed by atoms with E-state index < -0.39 is 0 Å². The first-order valence-electron chi connectivity index (χ1n) is 18.2. The fourth-order valence-electron chi connectivity index (χ4n) is 7.50. The number of fused-ring (bicyclic) bond motifs is 1. The summed E-state index contributed by atoms with van der Waals surface area (Å²) >= 11 is 14.0. The molecule has 0 spiro atoms. The molecule has 3 aromatic carbocycles. The number of carbonyl (C=O) groups is 2. The molecule has 4 N–H and O–H groups in total. The smallest absolute Gasteiger partial charge is 0.236 e. The summed E-state index contributed by atoms with van der Waals surface area (Å²) < 4.78 is 18.0. The monoisotopic (exact) mass is 768 g/mol. The molecule has 2 fully saturated rings. The maximum atomic E-state index is 11.6. The van der Waals surface area contributed by atoms with Crippen LogP contribution in [0.2, 0.25) is 10.0 Å². The lowest BCUT2D eigenvalue weighted by molar-refractivity contribution is -0.120. The van der Waals surface area contributed by atoms with Crippen LogP contribution in [0.4, 0.5) is 0 Å². The number of carbonyl (C=O) groups excluding carboxylic acids is 2. The van der Waals surface area contributed by atoms with Crippen LogP contribution in [0, 0.1) is 11.3 Å². The highest BCUT2D eigenvalue weighted by Gasteiger charge is 2.29. The van der Waals surface area contributed by atoms with Crippen LogP contribution < -0.4 is 35.5 Å². The molecule has 1 aliphatic carbocycles. The Morgan fingerprint density at radius 1 is 0.833 bits per heavy atom. The molecule has 2 saturated heterocycles. The molecule has 1 aromatic heterocycles. The quantitative estimate of drug-likeness (QED) is 0.107. The van der Waals surface area contributed by atoms with Gasteiger partial charge in [0.25, 0.3) is 0 Å². The van der Waals surface area contributed by atoms with E-state index in [0.29, 0.717) is 66.6 Å². The van der Waals surface area contributed by atoms with Crippen molar-refractivity contribution in [3.8, 4) is 45.8 Å². The Morgan fingerprint density at radius 2 is 1.52 bits per heavy atom. The van der Waals surface area contributed by atoms with Gasteiger partial charge in [-0.05, 0) is 60.1 Å². The van der Waals surface area contributed by atoms with Gasteiger partial charge < -0.3 is 35.5 Å². The van der Waals surface area contributed by atoms with Crippen molar-refractivity contribution in [3.63, 3.8) is 0 Å². The number of amides is 2. The Bertz CT molecular complexity index is 2090. The van der Waals surface area contributed by atoms with Gasteiger partial charge in [-0.15, -0.1) is 0 Å². The number of nitriles is 1. The van der Waals surface area contributed by atoms with Crippen molar-refractivity contribution in [3.05, 3.63) is 93.0 Å². The highest BCUT2D eigenvalue weighted by Crippen LogP contribution is 2.45. The predicted octanol–water partition coefficient (Wildman–Crippen LogP) is 6.44. The molecular formula is C41H42Cl2N6O5. The summed E-state index contributed by atoms with van der Waals surface area (Å²) in [6.07, 6.45) is 3.99. The molecule has 0 saturated carbocycles. The topological polar surface area (TPSA) is 147 Å². The summed E-state index contributed by atoms with van der Waals surface area (Å²) in [5, 5.41) is 23.0. The molecule has 13 heteroatoms. The minimum absolute atomic E-state index is 0.0834. The normalized spacial score (nSPS) is 18.9. The van der Waals surface area contributed by atoms with Gasteiger partial charge >= 0.3 is 0 Å². The Hall–Kier alpha value is -4.86. The van der Waals surface area contributed by atoms with Crippen LogP contribution >= 0.6 is 23.2 Å². The molecule has 0 unspecified atom stereocenters. The molecule has 2 amide bonds. The lowest BCUT2D eigenvalue weighted by atomic mass is 9.93. The van der Waals surface area contributed by atoms with E-state index in [2.05, 4.69) is 44.5 Å². The molecule has 3 atom stereocenters. The summed E-state index contributed by atoms with van der Waals surface area (Å²) in [4.78, 5) is 27.8. The summed E-state index contributed by atoms with van der Waals surface area (Å²) in [6, 6.07) is 22.2. The van der Waals surface area contributed by atoms with Crippen LogP contribution in [-0.2, 0) is 29.1 Å². The number of nitrogens with one attached hydrogen (secondary N) is 4. The summed E-state index contributed by atoms with van der Waals surface area (Å²) in [7, 11) is 1.57. The second-order valence-corrected chi connectivity index (χ2v) is 14.6. The number of benzene rings is 3. The Kier molecular flexibility index (Phi) is 11.8. The average molecular weight is 770 g/mol. The van der Waals surface area contributed by atoms with Crippen LogP contribution in [0.1, 0.15) is 60.5 Å². The zero-order valence-corrected chi connectivity index (χ0v) is 31.5. The van der Waals surface area contributed by atoms with Gasteiger partial charge in [-0.25, -0.2) is 0 Å². The van der Waals surface area contributed by atoms with Crippen molar-refractivity contribution in [1.82, 2.24) is 26.3 Å². The standard InChI is InChI=1S/C41H42Cl2N6O5/c1-52-40-26(21-46-23-28-11-15-38(51)48-28)18-34(42)41(49-40)54-35-13-12-31-30(5-3-6-32(31)35)33-7-2-4-29(39(33)43)24-8-9-25(36(19-24)53-17-16-44)20-45-22-27-10-14-37(50)47-27/h2-9,18-19,27-28,35,45-46H,10-15,17,20-23H2,1H3,(H,47,50)(H,48,51)/t27-,28-,35-/m0/s1. The molecule has 3 heterocycles. The van der Waals surface area contributed by atoms with E-state index in [0.717, 1.165) is 70.2 Å². The number of rotatable bonds is 15. The molecule has 3 aliphatic rings. The fourth-order valence-corrected chi connectivity index (χ4v) is 8.06. The van der Waals surface area contributed by atoms with Crippen molar-refractivity contribution in [2.24, 2.45) is 0 Å². The molecule has 4 aromatic rings. The molecule has 0 bridgehead atoms. The third-order valence-corrected chi connectivity index (χ3v) is 10.9. The number of hydrogen-bond acceptors (Lipinski definition) is 9. The number of nitrogens with zero attached hydrogens (tertiary/aromatic N) is 2. The molecule has 11 nitrogen and oxygen atoms in total. The van der Waals surface area contributed by atoms with Gasteiger partial charge in [0.15, 0.2) is 6.61 Å². The SMILES string of the molecule is COc1nc(O[C@H]2CCc3c(-c4cccc(-c5ccc(CNC[C@@H]6CCC(=O)N6)c(OCC#N)c5)c4Cl)cccc32)c(Cl)cc1CNC[C@@H]1CCC(=O)N1. The Morgan fingerprint density at radius 3 is 2.20 bits per heavy atom. The number of aromatic nitrogens is 1. The predicted molar refractivity (Wildman–Crippen MR) is 207 cm³/mol. The van der Waals surface area contributed by atoms with Gasteiger partial charge in [0.05, 0.1) is 12.1 Å². The molecule has 0 radical (unpaired) electrons. The van der Waals surface area contributed by atoms with Crippen LogP contribution in [0.3, 0.4) is 0 Å². The molecule has 2 aliphatic heterocycles. The first-order chi connectivity index (χ1) is 26.3. The van der Waals surface area contributed by atoms with E-state index in [-0.39, 0.29) is 36.6 Å². The second kappa shape index (κ2) is 17.1. The van der Waals surface area contributed by atoms with Crippen molar-refractivity contribution in [2.45, 2.75) is 69.8 Å². The molecule has 280 valence electrons. The van der Waals surface area contributed by atoms with Crippen molar-refractivity contribution in [2.75, 3.05) is 26.8 Å². The van der Waals surface area contributed by atoms with Crippen LogP contribution in [0.15, 0.2) is 60.7 Å². The first kappa shape index (κ1) is 37.5. The van der Waals surface area contributed by atoms with Gasteiger partial charge in [-0.3, -0.25) is 9.59 Å². The third kappa shape index (κ3) is 8.43. The lowest BCUT2D eigenvalue weighted by Gasteiger charge is -2.19. The van der Waals surface area contributed by atoms with Crippen molar-refractivity contribution < 1.29 is 23.8 Å². The Labute approximate surface area is 324 Å². The first-order valence-corrected chi connectivity index (χ1v) is 19.0. The number of halogens is 2. The maximum Gasteiger partial charge on any atom is 0.236 e. The fraction of sp³-hybridized carbons (Fsp3) is 0.366. The molecule has 54 heavy (non-hydrogen) atoms. The van der Waals surface area contributed by atoms with E-state index in [4.69, 9.17) is 37.4 Å². The summed E-state index contributed by atoms with van der Waals surface area (Å²) in [5.41, 5.74) is 7.57. The lowest BCUT2D eigenvalue weighted by Crippen LogP contribution is -2.35. The van der Waals surface area contributed by atoms with Crippen molar-refractivity contribution in [1.29, 1.82) is 5.26 Å². The number of methoxy groups -OCH3 is 1. The minimum Gasteiger partial charge on any atom is -0.481 e. The second-order valence-electron chi connectivity index (χ2n) is 13.8. The van der Waals surface area contributed by atoms with Crippen LogP contribution in [0.5, 0.6) is 17.5 Å². The van der Waals surface area contributed by atoms with E-state index in [1.165, 1.54) is 0 Å². The van der Waals surface area contributed by atoms with E-state index in [1.807, 2.05) is 48.5 Å². The van der Waals surface area contributed by atoms with Gasteiger partial charge in [0.2, 0.25) is 23.6 Å². The minimum atomic E-state index is -0.266. The van der Waals surface area contributed by atoms with Gasteiger partial charge in [0, 0.05) is 73.4 Å². The van der Waals surface area contributed by atoms with Gasteiger partial charge in [-0.1, -0.05) is 71.7 Å². The summed E-state index contributed by atoms with van der Waals surface area (Å²) in [6.45, 7) is 2.22. The summed E-state index contributed by atoms with van der Waals surface area (Å²) in [5.74, 6) is 1.51. The number of ether oxygens (including phenoxy) is 3. The molecule has 7 rings (SSSR count). The van der Waals surface area contributed by atoms with Crippen LogP contribution in [0.25, 0.3) is 22.3 Å². The number of pyridine rings is 1. The van der Waals surface area contributed by atoms with Gasteiger partial charge in [0.1, 0.15) is 22.9 Å². The van der Waals surface area contributed by atoms with E-state index in [1.54, 1.807) is 7.11 Å². The average Bonchev–Trinajstić information content (AvgIpc) is 3.91. The maximum absolute atomic E-state index is 11.6. The molecular weight excluding hydrogens is 727 g/mol. The highest BCUT2D eigenvalue weighted by atomic mass is 35.5. The van der Waals surface area contributed by atoms with Crippen molar-refractivity contribution >= 4 is 35.0 Å². The van der Waals surface area contributed by atoms with Gasteiger partial charge in [-0.2, -0.15) is 10.2 Å². The van der Waals surface area contributed by atoms with E-state index >= 15 is 0 Å². The largest absolute Gasteiger partial charge is 0.481 e. The Balaban J connectivity index is 1.08. The third-order valence-electron chi connectivity index (χ3n) is 10.2. The van der Waals surface area contributed by atoms with E-state index in [9.17, 15) is 14.9 Å². The van der Waals surface area contributed by atoms with Crippen LogP contribution in [-0.4, -0.2) is 55.7 Å². The number of hydrogen-bond donors (Lipinski definition) is 4.